The summed E-state index contributed by atoms with van der Waals surface area (Å²) in [6, 6.07) is -0.133. The van der Waals surface area contributed by atoms with E-state index in [2.05, 4.69) is 5.32 Å². The summed E-state index contributed by atoms with van der Waals surface area (Å²) in [5, 5.41) is 11.4. The van der Waals surface area contributed by atoms with E-state index in [9.17, 15) is 9.59 Å². The first-order valence-electron chi connectivity index (χ1n) is 6.38. The largest absolute Gasteiger partial charge is 0.481 e. The van der Waals surface area contributed by atoms with Gasteiger partial charge in [-0.25, -0.2) is 4.79 Å². The van der Waals surface area contributed by atoms with Crippen molar-refractivity contribution in [2.24, 2.45) is 5.92 Å². The first kappa shape index (κ1) is 14.8. The highest BCUT2D eigenvalue weighted by Crippen LogP contribution is 2.13. The van der Waals surface area contributed by atoms with Crippen LogP contribution < -0.4 is 5.32 Å². The van der Waals surface area contributed by atoms with Gasteiger partial charge in [0.25, 0.3) is 0 Å². The van der Waals surface area contributed by atoms with Crippen molar-refractivity contribution in [3.63, 3.8) is 0 Å². The van der Waals surface area contributed by atoms with Gasteiger partial charge in [0.2, 0.25) is 0 Å². The number of ether oxygens (including phenoxy) is 1. The van der Waals surface area contributed by atoms with Crippen LogP contribution in [0, 0.1) is 5.92 Å². The minimum atomic E-state index is -0.828. The van der Waals surface area contributed by atoms with Gasteiger partial charge in [-0.05, 0) is 25.2 Å². The summed E-state index contributed by atoms with van der Waals surface area (Å²) in [5.41, 5.74) is 0. The van der Waals surface area contributed by atoms with Gasteiger partial charge in [-0.2, -0.15) is 0 Å². The van der Waals surface area contributed by atoms with E-state index in [0.29, 0.717) is 25.4 Å². The third kappa shape index (κ3) is 5.86. The lowest BCUT2D eigenvalue weighted by atomic mass is 10.0. The van der Waals surface area contributed by atoms with Crippen LogP contribution in [0.3, 0.4) is 0 Å². The number of nitrogens with zero attached hydrogens (tertiary/aromatic N) is 1. The number of hydrogen-bond donors (Lipinski definition) is 2. The highest BCUT2D eigenvalue weighted by Gasteiger charge is 2.15. The Morgan fingerprint density at radius 3 is 2.67 bits per heavy atom. The summed E-state index contributed by atoms with van der Waals surface area (Å²) in [6.07, 6.45) is 2.56. The van der Waals surface area contributed by atoms with E-state index >= 15 is 0 Å². The second-order valence-corrected chi connectivity index (χ2v) is 4.66. The van der Waals surface area contributed by atoms with E-state index in [1.165, 1.54) is 4.90 Å². The molecule has 1 aliphatic heterocycles. The van der Waals surface area contributed by atoms with Crippen LogP contribution in [-0.2, 0) is 9.53 Å². The number of urea groups is 1. The minimum Gasteiger partial charge on any atom is -0.481 e. The molecule has 0 aromatic heterocycles. The molecule has 2 N–H and O–H groups in total. The molecule has 0 aromatic rings. The van der Waals surface area contributed by atoms with Crippen LogP contribution in [0.25, 0.3) is 0 Å². The Morgan fingerprint density at radius 1 is 1.39 bits per heavy atom. The van der Waals surface area contributed by atoms with Crippen LogP contribution >= 0.6 is 0 Å². The summed E-state index contributed by atoms with van der Waals surface area (Å²) < 4.78 is 5.25. The molecule has 0 bridgehead atoms. The molecule has 1 rings (SSSR count). The van der Waals surface area contributed by atoms with Gasteiger partial charge in [0.05, 0.1) is 0 Å². The number of hydrogen-bond acceptors (Lipinski definition) is 3. The zero-order valence-corrected chi connectivity index (χ0v) is 10.9. The van der Waals surface area contributed by atoms with Gasteiger partial charge in [-0.1, -0.05) is 0 Å². The molecule has 6 nitrogen and oxygen atoms in total. The molecule has 104 valence electrons. The third-order valence-corrected chi connectivity index (χ3v) is 3.11. The molecule has 0 radical (unpaired) electrons. The first-order chi connectivity index (χ1) is 8.59. The van der Waals surface area contributed by atoms with Crippen molar-refractivity contribution >= 4 is 12.0 Å². The van der Waals surface area contributed by atoms with Gasteiger partial charge in [-0.15, -0.1) is 0 Å². The Hall–Kier alpha value is -1.30. The first-order valence-corrected chi connectivity index (χ1v) is 6.38. The maximum absolute atomic E-state index is 11.7. The Bertz CT molecular complexity index is 277. The summed E-state index contributed by atoms with van der Waals surface area (Å²) in [5.74, 6) is -0.332. The summed E-state index contributed by atoms with van der Waals surface area (Å²) in [7, 11) is 1.68. The van der Waals surface area contributed by atoms with Crippen molar-refractivity contribution < 1.29 is 19.4 Å². The molecule has 2 amide bonds. The Balaban J connectivity index is 2.12. The molecule has 1 fully saturated rings. The van der Waals surface area contributed by atoms with E-state index < -0.39 is 5.97 Å². The van der Waals surface area contributed by atoms with E-state index in [0.717, 1.165) is 26.1 Å². The van der Waals surface area contributed by atoms with E-state index in [4.69, 9.17) is 9.84 Å². The molecule has 1 saturated heterocycles. The molecule has 18 heavy (non-hydrogen) atoms. The van der Waals surface area contributed by atoms with Crippen molar-refractivity contribution in [2.75, 3.05) is 33.4 Å². The number of carbonyl (C=O) groups excluding carboxylic acids is 1. The average Bonchev–Trinajstić information content (AvgIpc) is 2.36. The SMILES string of the molecule is CN(CCCC(=O)O)C(=O)NCC1CCOCC1. The van der Waals surface area contributed by atoms with E-state index in [-0.39, 0.29) is 12.5 Å². The number of rotatable bonds is 6. The van der Waals surface area contributed by atoms with Crippen molar-refractivity contribution in [3.8, 4) is 0 Å². The highest BCUT2D eigenvalue weighted by atomic mass is 16.5. The molecular weight excluding hydrogens is 236 g/mol. The lowest BCUT2D eigenvalue weighted by Crippen LogP contribution is -2.41. The zero-order chi connectivity index (χ0) is 13.4. The number of amides is 2. The predicted molar refractivity (Wildman–Crippen MR) is 66.4 cm³/mol. The molecule has 1 aliphatic rings. The molecule has 1 heterocycles. The van der Waals surface area contributed by atoms with Crippen molar-refractivity contribution in [3.05, 3.63) is 0 Å². The Kier molecular flexibility index (Phi) is 6.49. The number of carbonyl (C=O) groups is 2. The number of aliphatic carboxylic acids is 1. The molecule has 0 aromatic carbocycles. The molecule has 0 unspecified atom stereocenters. The van der Waals surface area contributed by atoms with Crippen LogP contribution in [-0.4, -0.2) is 55.4 Å². The minimum absolute atomic E-state index is 0.0948. The van der Waals surface area contributed by atoms with Crippen LogP contribution in [0.2, 0.25) is 0 Å². The van der Waals surface area contributed by atoms with Gasteiger partial charge in [0.15, 0.2) is 0 Å². The fraction of sp³-hybridized carbons (Fsp3) is 0.833. The van der Waals surface area contributed by atoms with Gasteiger partial charge >= 0.3 is 12.0 Å². The fourth-order valence-electron chi connectivity index (χ4n) is 1.89. The number of carboxylic acids is 1. The van der Waals surface area contributed by atoms with Crippen molar-refractivity contribution in [2.45, 2.75) is 25.7 Å². The molecule has 0 spiro atoms. The quantitative estimate of drug-likeness (QED) is 0.742. The van der Waals surface area contributed by atoms with Gasteiger partial charge in [-0.3, -0.25) is 4.79 Å². The van der Waals surface area contributed by atoms with Crippen LogP contribution in [0.5, 0.6) is 0 Å². The molecular formula is C12H22N2O4. The molecule has 6 heteroatoms. The zero-order valence-electron chi connectivity index (χ0n) is 10.9. The topological polar surface area (TPSA) is 78.9 Å². The van der Waals surface area contributed by atoms with Crippen LogP contribution in [0.4, 0.5) is 4.79 Å². The second kappa shape index (κ2) is 7.92. The lowest BCUT2D eigenvalue weighted by molar-refractivity contribution is -0.137. The summed E-state index contributed by atoms with van der Waals surface area (Å²) in [4.78, 5) is 23.6. The highest BCUT2D eigenvalue weighted by molar-refractivity contribution is 5.73. The lowest BCUT2D eigenvalue weighted by Gasteiger charge is -2.24. The van der Waals surface area contributed by atoms with Crippen molar-refractivity contribution in [1.29, 1.82) is 0 Å². The van der Waals surface area contributed by atoms with Crippen molar-refractivity contribution in [1.82, 2.24) is 10.2 Å². The number of carboxylic acid groups (broad SMARTS) is 1. The summed E-state index contributed by atoms with van der Waals surface area (Å²) in [6.45, 7) is 2.68. The second-order valence-electron chi connectivity index (χ2n) is 4.66. The van der Waals surface area contributed by atoms with E-state index in [1.54, 1.807) is 7.05 Å². The Labute approximate surface area is 107 Å². The van der Waals surface area contributed by atoms with E-state index in [1.807, 2.05) is 0 Å². The van der Waals surface area contributed by atoms with Gasteiger partial charge < -0.3 is 20.1 Å². The maximum Gasteiger partial charge on any atom is 0.317 e. The summed E-state index contributed by atoms with van der Waals surface area (Å²) >= 11 is 0. The molecule has 0 atom stereocenters. The maximum atomic E-state index is 11.7. The Morgan fingerprint density at radius 2 is 2.06 bits per heavy atom. The standard InChI is InChI=1S/C12H22N2O4/c1-14(6-2-3-11(15)16)12(17)13-9-10-4-7-18-8-5-10/h10H,2-9H2,1H3,(H,13,17)(H,15,16). The van der Waals surface area contributed by atoms with Crippen LogP contribution in [0.15, 0.2) is 0 Å². The average molecular weight is 258 g/mol. The number of nitrogens with one attached hydrogen (secondary N) is 1. The monoisotopic (exact) mass is 258 g/mol. The predicted octanol–water partition coefficient (Wildman–Crippen LogP) is 0.919. The third-order valence-electron chi connectivity index (χ3n) is 3.11. The fourth-order valence-corrected chi connectivity index (χ4v) is 1.89. The van der Waals surface area contributed by atoms with Gasteiger partial charge in [0.1, 0.15) is 0 Å². The molecule has 0 saturated carbocycles. The normalized spacial score (nSPS) is 16.3. The molecule has 0 aliphatic carbocycles. The smallest absolute Gasteiger partial charge is 0.317 e. The van der Waals surface area contributed by atoms with Crippen LogP contribution in [0.1, 0.15) is 25.7 Å². The van der Waals surface area contributed by atoms with Gasteiger partial charge in [0, 0.05) is 39.8 Å².